The number of rotatable bonds is 1. The normalized spacial score (nSPS) is 38.4. The van der Waals surface area contributed by atoms with Crippen molar-refractivity contribution in [3.05, 3.63) is 23.8 Å². The van der Waals surface area contributed by atoms with Crippen LogP contribution in [0.1, 0.15) is 25.7 Å². The van der Waals surface area contributed by atoms with E-state index in [1.807, 2.05) is 0 Å². The highest BCUT2D eigenvalue weighted by atomic mass is 16.6. The van der Waals surface area contributed by atoms with Crippen molar-refractivity contribution in [1.29, 1.82) is 0 Å². The molecule has 0 saturated carbocycles. The van der Waals surface area contributed by atoms with Crippen LogP contribution >= 0.6 is 0 Å². The molecule has 0 amide bonds. The molecule has 19 heavy (non-hydrogen) atoms. The number of allylic oxidation sites excluding steroid dienone is 2. The first-order chi connectivity index (χ1) is 9.22. The zero-order valence-electron chi connectivity index (χ0n) is 11.0. The molecule has 1 saturated heterocycles. The summed E-state index contributed by atoms with van der Waals surface area (Å²) < 4.78 is 10.3. The molecule has 4 rings (SSSR count). The minimum Gasteiger partial charge on any atom is -0.466 e. The largest absolute Gasteiger partial charge is 0.466 e. The summed E-state index contributed by atoms with van der Waals surface area (Å²) in [5.41, 5.74) is 0.540. The van der Waals surface area contributed by atoms with E-state index < -0.39 is 6.10 Å². The van der Waals surface area contributed by atoms with Crippen molar-refractivity contribution in [2.75, 3.05) is 7.11 Å². The molecule has 1 fully saturated rings. The average molecular weight is 262 g/mol. The Morgan fingerprint density at radius 1 is 1.26 bits per heavy atom. The molecule has 0 aromatic heterocycles. The Morgan fingerprint density at radius 3 is 2.63 bits per heavy atom. The zero-order chi connectivity index (χ0) is 13.4. The maximum atomic E-state index is 11.9. The number of hydrogen-bond donors (Lipinski definition) is 0. The van der Waals surface area contributed by atoms with E-state index in [0.717, 1.165) is 25.7 Å². The van der Waals surface area contributed by atoms with Gasteiger partial charge in [-0.3, -0.25) is 4.79 Å². The van der Waals surface area contributed by atoms with E-state index in [1.54, 1.807) is 6.08 Å². The van der Waals surface area contributed by atoms with Crippen molar-refractivity contribution in [3.8, 4) is 0 Å². The molecule has 2 heterocycles. The van der Waals surface area contributed by atoms with Gasteiger partial charge in [-0.1, -0.05) is 18.2 Å². The number of carbonyl (C=O) groups is 2. The minimum absolute atomic E-state index is 0.177. The standard InChI is InChI=1S/C15H18O4/c1-18-14(16)12-8-11-9-6-4-2-3-5-7-10(9)13(12)19-15(11)17/h2-3,8-11,13H,4-7H2,1H3/b3-2-. The van der Waals surface area contributed by atoms with E-state index in [-0.39, 0.29) is 23.8 Å². The first-order valence-corrected chi connectivity index (χ1v) is 6.88. The van der Waals surface area contributed by atoms with Crippen LogP contribution in [0.3, 0.4) is 0 Å². The molecular formula is C15H18O4. The Hall–Kier alpha value is -1.58. The number of hydrogen-bond acceptors (Lipinski definition) is 4. The van der Waals surface area contributed by atoms with E-state index in [2.05, 4.69) is 12.2 Å². The van der Waals surface area contributed by atoms with Gasteiger partial charge in [0.05, 0.1) is 18.6 Å². The van der Waals surface area contributed by atoms with Crippen molar-refractivity contribution in [2.45, 2.75) is 31.8 Å². The van der Waals surface area contributed by atoms with Crippen molar-refractivity contribution in [1.82, 2.24) is 0 Å². The predicted octanol–water partition coefficient (Wildman–Crippen LogP) is 2.00. The Bertz CT molecular complexity index is 463. The number of fused-ring (bicyclic) bond motifs is 1. The lowest BCUT2D eigenvalue weighted by Crippen LogP contribution is -2.51. The van der Waals surface area contributed by atoms with Gasteiger partial charge >= 0.3 is 11.9 Å². The molecule has 4 heteroatoms. The zero-order valence-corrected chi connectivity index (χ0v) is 11.0. The highest BCUT2D eigenvalue weighted by Gasteiger charge is 2.51. The van der Waals surface area contributed by atoms with Crippen molar-refractivity contribution in [2.24, 2.45) is 17.8 Å². The van der Waals surface area contributed by atoms with E-state index >= 15 is 0 Å². The minimum atomic E-state index is -0.401. The summed E-state index contributed by atoms with van der Waals surface area (Å²) in [5, 5.41) is 0. The molecule has 0 N–H and O–H groups in total. The maximum absolute atomic E-state index is 11.9. The second kappa shape index (κ2) is 4.83. The van der Waals surface area contributed by atoms with Crippen LogP contribution in [0.5, 0.6) is 0 Å². The van der Waals surface area contributed by atoms with Gasteiger partial charge in [-0.2, -0.15) is 0 Å². The first kappa shape index (κ1) is 12.5. The monoisotopic (exact) mass is 262 g/mol. The quantitative estimate of drug-likeness (QED) is 0.536. The number of carbonyl (C=O) groups excluding carboxylic acids is 2. The maximum Gasteiger partial charge on any atom is 0.337 e. The average Bonchev–Trinajstić information content (AvgIpc) is 2.38. The fourth-order valence-electron chi connectivity index (χ4n) is 3.60. The molecule has 4 atom stereocenters. The SMILES string of the molecule is COC(=O)C1=CC2C(=O)OC1C1CC/C=C\CCC21. The van der Waals surface area contributed by atoms with Crippen LogP contribution in [0.4, 0.5) is 0 Å². The number of ether oxygens (including phenoxy) is 2. The third kappa shape index (κ3) is 1.99. The molecule has 0 aromatic rings. The lowest BCUT2D eigenvalue weighted by molar-refractivity contribution is -0.171. The Morgan fingerprint density at radius 2 is 1.95 bits per heavy atom. The van der Waals surface area contributed by atoms with Gasteiger partial charge in [0.15, 0.2) is 0 Å². The molecule has 2 bridgehead atoms. The van der Waals surface area contributed by atoms with E-state index in [9.17, 15) is 9.59 Å². The highest BCUT2D eigenvalue weighted by Crippen LogP contribution is 2.46. The Balaban J connectivity index is 1.95. The fourth-order valence-corrected chi connectivity index (χ4v) is 3.60. The second-order valence-corrected chi connectivity index (χ2v) is 5.45. The molecule has 2 aliphatic heterocycles. The lowest BCUT2D eigenvalue weighted by atomic mass is 9.65. The van der Waals surface area contributed by atoms with Crippen LogP contribution in [0, 0.1) is 17.8 Å². The Kier molecular flexibility index (Phi) is 3.17. The van der Waals surface area contributed by atoms with Gasteiger partial charge in [0.1, 0.15) is 6.10 Å². The number of methoxy groups -OCH3 is 1. The molecule has 4 unspecified atom stereocenters. The summed E-state index contributed by atoms with van der Waals surface area (Å²) in [6.07, 6.45) is 9.69. The van der Waals surface area contributed by atoms with E-state index in [1.165, 1.54) is 7.11 Å². The van der Waals surface area contributed by atoms with E-state index in [4.69, 9.17) is 9.47 Å². The van der Waals surface area contributed by atoms with Crippen LogP contribution in [0.15, 0.2) is 23.8 Å². The summed E-state index contributed by atoms with van der Waals surface area (Å²) in [4.78, 5) is 23.7. The van der Waals surface area contributed by atoms with Crippen molar-refractivity contribution in [3.63, 3.8) is 0 Å². The third-order valence-electron chi connectivity index (χ3n) is 4.50. The molecule has 0 spiro atoms. The lowest BCUT2D eigenvalue weighted by Gasteiger charge is -2.46. The molecular weight excluding hydrogens is 244 g/mol. The third-order valence-corrected chi connectivity index (χ3v) is 4.50. The summed E-state index contributed by atoms with van der Waals surface area (Å²) in [6, 6.07) is 0. The molecule has 2 aliphatic carbocycles. The predicted molar refractivity (Wildman–Crippen MR) is 68.1 cm³/mol. The van der Waals surface area contributed by atoms with Crippen LogP contribution < -0.4 is 0 Å². The van der Waals surface area contributed by atoms with Gasteiger partial charge < -0.3 is 9.47 Å². The fraction of sp³-hybridized carbons (Fsp3) is 0.600. The van der Waals surface area contributed by atoms with Crippen LogP contribution in [-0.4, -0.2) is 25.2 Å². The van der Waals surface area contributed by atoms with Gasteiger partial charge in [-0.15, -0.1) is 0 Å². The molecule has 0 radical (unpaired) electrons. The first-order valence-electron chi connectivity index (χ1n) is 6.88. The van der Waals surface area contributed by atoms with Crippen LogP contribution in [0.25, 0.3) is 0 Å². The van der Waals surface area contributed by atoms with Gasteiger partial charge in [-0.25, -0.2) is 4.79 Å². The second-order valence-electron chi connectivity index (χ2n) is 5.45. The summed E-state index contributed by atoms with van der Waals surface area (Å²) >= 11 is 0. The smallest absolute Gasteiger partial charge is 0.337 e. The summed E-state index contributed by atoms with van der Waals surface area (Å²) in [5.74, 6) is -0.242. The van der Waals surface area contributed by atoms with Crippen LogP contribution in [0.2, 0.25) is 0 Å². The van der Waals surface area contributed by atoms with Gasteiger partial charge in [-0.05, 0) is 31.6 Å². The summed E-state index contributed by atoms with van der Waals surface area (Å²) in [6.45, 7) is 0. The summed E-state index contributed by atoms with van der Waals surface area (Å²) in [7, 11) is 1.37. The van der Waals surface area contributed by atoms with Crippen molar-refractivity contribution >= 4 is 11.9 Å². The number of esters is 2. The van der Waals surface area contributed by atoms with Gasteiger partial charge in [0.2, 0.25) is 0 Å². The molecule has 4 aliphatic rings. The molecule has 102 valence electrons. The molecule has 0 aromatic carbocycles. The van der Waals surface area contributed by atoms with Gasteiger partial charge in [0.25, 0.3) is 0 Å². The van der Waals surface area contributed by atoms with Gasteiger partial charge in [0, 0.05) is 5.92 Å². The Labute approximate surface area is 112 Å². The topological polar surface area (TPSA) is 52.6 Å². The molecule has 4 nitrogen and oxygen atoms in total. The highest BCUT2D eigenvalue weighted by molar-refractivity contribution is 5.93. The van der Waals surface area contributed by atoms with E-state index in [0.29, 0.717) is 11.5 Å². The van der Waals surface area contributed by atoms with Crippen LogP contribution in [-0.2, 0) is 19.1 Å². The van der Waals surface area contributed by atoms with Crippen molar-refractivity contribution < 1.29 is 19.1 Å².